The number of methoxy groups -OCH3 is 1. The third-order valence-electron chi connectivity index (χ3n) is 4.64. The van der Waals surface area contributed by atoms with Crippen LogP contribution in [-0.4, -0.2) is 40.9 Å². The van der Waals surface area contributed by atoms with E-state index >= 15 is 0 Å². The molecular weight excluding hydrogens is 342 g/mol. The highest BCUT2D eigenvalue weighted by Gasteiger charge is 2.16. The van der Waals surface area contributed by atoms with Crippen molar-refractivity contribution >= 4 is 17.5 Å². The van der Waals surface area contributed by atoms with Crippen molar-refractivity contribution in [1.82, 2.24) is 14.8 Å². The molecule has 1 aromatic carbocycles. The zero-order valence-corrected chi connectivity index (χ0v) is 15.1. The van der Waals surface area contributed by atoms with E-state index in [4.69, 9.17) is 4.74 Å². The number of nitrogens with zero attached hydrogens (tertiary/aromatic N) is 4. The number of carbonyl (C=O) groups excluding carboxylic acids is 1. The van der Waals surface area contributed by atoms with Crippen molar-refractivity contribution in [3.63, 3.8) is 0 Å². The Balaban J connectivity index is 1.43. The number of amides is 1. The van der Waals surface area contributed by atoms with Crippen LogP contribution in [0.5, 0.6) is 5.75 Å². The SMILES string of the molecule is COc1ccc(Cn2nccc2NC(=O)c2ccc(N3CCC3)nc2)cc1. The molecule has 0 unspecified atom stereocenters. The first-order chi connectivity index (χ1) is 13.2. The van der Waals surface area contributed by atoms with Crippen molar-refractivity contribution < 1.29 is 9.53 Å². The normalized spacial score (nSPS) is 13.1. The van der Waals surface area contributed by atoms with Gasteiger partial charge >= 0.3 is 0 Å². The quantitative estimate of drug-likeness (QED) is 0.729. The molecule has 138 valence electrons. The van der Waals surface area contributed by atoms with Crippen molar-refractivity contribution in [1.29, 1.82) is 0 Å². The average molecular weight is 363 g/mol. The van der Waals surface area contributed by atoms with Gasteiger partial charge in [0.05, 0.1) is 25.4 Å². The summed E-state index contributed by atoms with van der Waals surface area (Å²) < 4.78 is 6.93. The Bertz CT molecular complexity index is 914. The number of anilines is 2. The third kappa shape index (κ3) is 3.76. The van der Waals surface area contributed by atoms with Gasteiger partial charge in [0, 0.05) is 25.4 Å². The van der Waals surface area contributed by atoms with Gasteiger partial charge in [-0.05, 0) is 36.2 Å². The molecule has 4 rings (SSSR count). The van der Waals surface area contributed by atoms with E-state index in [-0.39, 0.29) is 5.91 Å². The van der Waals surface area contributed by atoms with E-state index in [0.29, 0.717) is 17.9 Å². The largest absolute Gasteiger partial charge is 0.497 e. The van der Waals surface area contributed by atoms with Gasteiger partial charge in [-0.2, -0.15) is 5.10 Å². The number of aromatic nitrogens is 3. The summed E-state index contributed by atoms with van der Waals surface area (Å²) in [7, 11) is 1.64. The number of pyridine rings is 1. The molecule has 3 aromatic rings. The Morgan fingerprint density at radius 3 is 2.59 bits per heavy atom. The number of carbonyl (C=O) groups is 1. The summed E-state index contributed by atoms with van der Waals surface area (Å²) in [6.07, 6.45) is 4.49. The zero-order chi connectivity index (χ0) is 18.6. The van der Waals surface area contributed by atoms with Crippen LogP contribution in [0.1, 0.15) is 22.3 Å². The number of rotatable bonds is 6. The highest BCUT2D eigenvalue weighted by Crippen LogP contribution is 2.19. The van der Waals surface area contributed by atoms with E-state index in [2.05, 4.69) is 20.3 Å². The Hall–Kier alpha value is -3.35. The van der Waals surface area contributed by atoms with Gasteiger partial charge in [0.2, 0.25) is 0 Å². The van der Waals surface area contributed by atoms with Crippen LogP contribution < -0.4 is 15.0 Å². The van der Waals surface area contributed by atoms with Crippen molar-refractivity contribution in [2.45, 2.75) is 13.0 Å². The molecule has 1 fully saturated rings. The molecule has 0 atom stereocenters. The topological polar surface area (TPSA) is 72.3 Å². The first kappa shape index (κ1) is 17.1. The molecule has 0 aliphatic carbocycles. The molecule has 1 aliphatic heterocycles. The first-order valence-corrected chi connectivity index (χ1v) is 8.90. The second kappa shape index (κ2) is 7.49. The maximum Gasteiger partial charge on any atom is 0.258 e. The molecule has 7 heteroatoms. The van der Waals surface area contributed by atoms with E-state index in [1.807, 2.05) is 30.3 Å². The van der Waals surface area contributed by atoms with Crippen molar-refractivity contribution in [3.8, 4) is 5.75 Å². The summed E-state index contributed by atoms with van der Waals surface area (Å²) in [6, 6.07) is 13.2. The minimum absolute atomic E-state index is 0.200. The smallest absolute Gasteiger partial charge is 0.258 e. The molecule has 0 radical (unpaired) electrons. The summed E-state index contributed by atoms with van der Waals surface area (Å²) in [5.41, 5.74) is 1.59. The lowest BCUT2D eigenvalue weighted by Gasteiger charge is -2.31. The molecule has 0 bridgehead atoms. The summed E-state index contributed by atoms with van der Waals surface area (Å²) in [5.74, 6) is 2.17. The van der Waals surface area contributed by atoms with Gasteiger partial charge in [-0.1, -0.05) is 12.1 Å². The van der Waals surface area contributed by atoms with Crippen LogP contribution in [0.15, 0.2) is 54.9 Å². The minimum atomic E-state index is -0.200. The molecular formula is C20H21N5O2. The standard InChI is InChI=1S/C20H21N5O2/c1-27-17-6-3-15(4-7-17)14-25-19(9-10-22-25)23-20(26)16-5-8-18(21-13-16)24-11-2-12-24/h3-10,13H,2,11-12,14H2,1H3,(H,23,26). The predicted octanol–water partition coefficient (Wildman–Crippen LogP) is 2.80. The molecule has 1 N–H and O–H groups in total. The molecule has 7 nitrogen and oxygen atoms in total. The van der Waals surface area contributed by atoms with Gasteiger partial charge in [-0.15, -0.1) is 0 Å². The van der Waals surface area contributed by atoms with Crippen LogP contribution >= 0.6 is 0 Å². The van der Waals surface area contributed by atoms with E-state index in [0.717, 1.165) is 30.2 Å². The maximum atomic E-state index is 12.5. The maximum absolute atomic E-state index is 12.5. The molecule has 0 saturated carbocycles. The lowest BCUT2D eigenvalue weighted by molar-refractivity contribution is 0.102. The Labute approximate surface area is 157 Å². The highest BCUT2D eigenvalue weighted by molar-refractivity contribution is 6.03. The molecule has 1 amide bonds. The van der Waals surface area contributed by atoms with Crippen LogP contribution in [0.25, 0.3) is 0 Å². The lowest BCUT2D eigenvalue weighted by atomic mass is 10.2. The Kier molecular flexibility index (Phi) is 4.74. The summed E-state index contributed by atoms with van der Waals surface area (Å²) in [5, 5.41) is 7.21. The van der Waals surface area contributed by atoms with Crippen LogP contribution in [0.4, 0.5) is 11.6 Å². The molecule has 1 saturated heterocycles. The second-order valence-corrected chi connectivity index (χ2v) is 6.42. The molecule has 2 aromatic heterocycles. The Morgan fingerprint density at radius 2 is 1.96 bits per heavy atom. The number of ether oxygens (including phenoxy) is 1. The van der Waals surface area contributed by atoms with E-state index in [1.54, 1.807) is 36.3 Å². The van der Waals surface area contributed by atoms with Gasteiger partial charge < -0.3 is 15.0 Å². The fraction of sp³-hybridized carbons (Fsp3) is 0.250. The molecule has 1 aliphatic rings. The van der Waals surface area contributed by atoms with E-state index in [1.165, 1.54) is 6.42 Å². The van der Waals surface area contributed by atoms with E-state index < -0.39 is 0 Å². The van der Waals surface area contributed by atoms with Crippen molar-refractivity contribution in [2.24, 2.45) is 0 Å². The number of hydrogen-bond acceptors (Lipinski definition) is 5. The second-order valence-electron chi connectivity index (χ2n) is 6.42. The van der Waals surface area contributed by atoms with Crippen LogP contribution in [-0.2, 0) is 6.54 Å². The van der Waals surface area contributed by atoms with Gasteiger partial charge in [0.25, 0.3) is 5.91 Å². The molecule has 27 heavy (non-hydrogen) atoms. The lowest BCUT2D eigenvalue weighted by Crippen LogP contribution is -2.37. The molecule has 3 heterocycles. The van der Waals surface area contributed by atoms with Crippen LogP contribution in [0, 0.1) is 0 Å². The van der Waals surface area contributed by atoms with Crippen LogP contribution in [0.2, 0.25) is 0 Å². The fourth-order valence-electron chi connectivity index (χ4n) is 2.91. The average Bonchev–Trinajstić information content (AvgIpc) is 3.08. The Morgan fingerprint density at radius 1 is 1.15 bits per heavy atom. The number of benzene rings is 1. The van der Waals surface area contributed by atoms with Gasteiger partial charge in [-0.3, -0.25) is 4.79 Å². The first-order valence-electron chi connectivity index (χ1n) is 8.90. The monoisotopic (exact) mass is 363 g/mol. The summed E-state index contributed by atoms with van der Waals surface area (Å²) in [4.78, 5) is 19.1. The van der Waals surface area contributed by atoms with Gasteiger partial charge in [0.1, 0.15) is 17.4 Å². The van der Waals surface area contributed by atoms with E-state index in [9.17, 15) is 4.79 Å². The zero-order valence-electron chi connectivity index (χ0n) is 15.1. The highest BCUT2D eigenvalue weighted by atomic mass is 16.5. The van der Waals surface area contributed by atoms with Crippen molar-refractivity contribution in [3.05, 3.63) is 66.0 Å². The van der Waals surface area contributed by atoms with Crippen molar-refractivity contribution in [2.75, 3.05) is 30.4 Å². The number of nitrogens with one attached hydrogen (secondary N) is 1. The molecule has 0 spiro atoms. The summed E-state index contributed by atoms with van der Waals surface area (Å²) >= 11 is 0. The van der Waals surface area contributed by atoms with Crippen LogP contribution in [0.3, 0.4) is 0 Å². The third-order valence-corrected chi connectivity index (χ3v) is 4.64. The van der Waals surface area contributed by atoms with Gasteiger partial charge in [0.15, 0.2) is 0 Å². The minimum Gasteiger partial charge on any atom is -0.497 e. The summed E-state index contributed by atoms with van der Waals surface area (Å²) in [6.45, 7) is 2.62. The predicted molar refractivity (Wildman–Crippen MR) is 103 cm³/mol. The number of hydrogen-bond donors (Lipinski definition) is 1. The van der Waals surface area contributed by atoms with Gasteiger partial charge in [-0.25, -0.2) is 9.67 Å². The fourth-order valence-corrected chi connectivity index (χ4v) is 2.91.